The molecule has 1 fully saturated rings. The van der Waals surface area contributed by atoms with Gasteiger partial charge < -0.3 is 4.90 Å². The molecule has 1 saturated carbocycles. The molecule has 0 N–H and O–H groups in total. The van der Waals surface area contributed by atoms with Gasteiger partial charge in [0.2, 0.25) is 0 Å². The van der Waals surface area contributed by atoms with Crippen LogP contribution in [-0.4, -0.2) is 24.5 Å². The van der Waals surface area contributed by atoms with E-state index in [1.807, 2.05) is 0 Å². The second-order valence-corrected chi connectivity index (χ2v) is 3.97. The molecule has 0 heterocycles. The van der Waals surface area contributed by atoms with Crippen molar-refractivity contribution in [2.45, 2.75) is 46.0 Å². The Hall–Kier alpha value is -0.0400. The molecule has 1 heteroatoms. The Morgan fingerprint density at radius 1 is 1.08 bits per heavy atom. The minimum absolute atomic E-state index is 1.06. The van der Waals surface area contributed by atoms with Crippen LogP contribution in [0, 0.1) is 5.92 Å². The second-order valence-electron chi connectivity index (χ2n) is 3.97. The number of hydrogen-bond donors (Lipinski definition) is 0. The maximum absolute atomic E-state index is 2.54. The van der Waals surface area contributed by atoms with Crippen molar-refractivity contribution >= 4 is 0 Å². The van der Waals surface area contributed by atoms with Crippen LogP contribution in [0.3, 0.4) is 0 Å². The highest BCUT2D eigenvalue weighted by atomic mass is 15.1. The third kappa shape index (κ3) is 3.14. The Bertz CT molecular complexity index is 99.6. The molecule has 0 aromatic rings. The zero-order valence-corrected chi connectivity index (χ0v) is 8.68. The van der Waals surface area contributed by atoms with Crippen LogP contribution in [0.25, 0.3) is 0 Å². The van der Waals surface area contributed by atoms with Gasteiger partial charge in [0.15, 0.2) is 0 Å². The minimum Gasteiger partial charge on any atom is -0.304 e. The molecule has 0 radical (unpaired) electrons. The van der Waals surface area contributed by atoms with Gasteiger partial charge in [-0.25, -0.2) is 0 Å². The molecular formula is C11H23N. The molecule has 0 amide bonds. The Morgan fingerprint density at radius 2 is 1.67 bits per heavy atom. The van der Waals surface area contributed by atoms with Crippen LogP contribution in [0.15, 0.2) is 0 Å². The normalized spacial score (nSPS) is 19.2. The lowest BCUT2D eigenvalue weighted by molar-refractivity contribution is 0.276. The van der Waals surface area contributed by atoms with E-state index in [1.165, 1.54) is 51.7 Å². The zero-order chi connectivity index (χ0) is 8.81. The summed E-state index contributed by atoms with van der Waals surface area (Å²) in [5, 5.41) is 0. The van der Waals surface area contributed by atoms with Gasteiger partial charge in [0.25, 0.3) is 0 Å². The van der Waals surface area contributed by atoms with Crippen molar-refractivity contribution in [2.75, 3.05) is 19.6 Å². The van der Waals surface area contributed by atoms with Crippen LogP contribution in [0.1, 0.15) is 46.0 Å². The first-order valence-corrected chi connectivity index (χ1v) is 5.59. The van der Waals surface area contributed by atoms with Crippen LogP contribution in [0.2, 0.25) is 0 Å². The summed E-state index contributed by atoms with van der Waals surface area (Å²) in [5.74, 6) is 1.06. The molecule has 0 aromatic heterocycles. The number of rotatable bonds is 5. The topological polar surface area (TPSA) is 3.24 Å². The molecule has 0 aliphatic heterocycles. The van der Waals surface area contributed by atoms with Crippen molar-refractivity contribution in [2.24, 2.45) is 5.92 Å². The molecule has 0 bridgehead atoms. The molecule has 1 rings (SSSR count). The summed E-state index contributed by atoms with van der Waals surface area (Å²) in [6.07, 6.45) is 7.43. The molecule has 12 heavy (non-hydrogen) atoms. The van der Waals surface area contributed by atoms with E-state index in [2.05, 4.69) is 18.7 Å². The van der Waals surface area contributed by atoms with Gasteiger partial charge in [-0.15, -0.1) is 0 Å². The second kappa shape index (κ2) is 5.58. The number of hydrogen-bond acceptors (Lipinski definition) is 1. The fourth-order valence-corrected chi connectivity index (χ4v) is 2.20. The lowest BCUT2D eigenvalue weighted by Gasteiger charge is -2.19. The van der Waals surface area contributed by atoms with Gasteiger partial charge in [0.05, 0.1) is 0 Å². The first kappa shape index (κ1) is 10.0. The van der Waals surface area contributed by atoms with Crippen LogP contribution in [0.4, 0.5) is 0 Å². The quantitative estimate of drug-likeness (QED) is 0.611. The van der Waals surface area contributed by atoms with E-state index in [4.69, 9.17) is 0 Å². The molecule has 0 atom stereocenters. The summed E-state index contributed by atoms with van der Waals surface area (Å²) >= 11 is 0. The zero-order valence-electron chi connectivity index (χ0n) is 8.68. The average molecular weight is 169 g/mol. The molecule has 0 unspecified atom stereocenters. The van der Waals surface area contributed by atoms with Crippen LogP contribution >= 0.6 is 0 Å². The smallest absolute Gasteiger partial charge is 0.00163 e. The van der Waals surface area contributed by atoms with Gasteiger partial charge in [-0.1, -0.05) is 39.5 Å². The highest BCUT2D eigenvalue weighted by molar-refractivity contribution is 4.68. The van der Waals surface area contributed by atoms with Crippen molar-refractivity contribution in [1.82, 2.24) is 4.90 Å². The molecule has 0 saturated heterocycles. The van der Waals surface area contributed by atoms with Crippen LogP contribution in [-0.2, 0) is 0 Å². The standard InChI is InChI=1S/C11H23N/c1-3-12(4-2)10-9-11-7-5-6-8-11/h11H,3-10H2,1-2H3. The summed E-state index contributed by atoms with van der Waals surface area (Å²) in [5.41, 5.74) is 0. The van der Waals surface area contributed by atoms with Crippen molar-refractivity contribution < 1.29 is 0 Å². The first-order chi connectivity index (χ1) is 5.86. The molecule has 1 nitrogen and oxygen atoms in total. The van der Waals surface area contributed by atoms with E-state index >= 15 is 0 Å². The maximum atomic E-state index is 2.54. The van der Waals surface area contributed by atoms with E-state index in [9.17, 15) is 0 Å². The van der Waals surface area contributed by atoms with E-state index in [0.717, 1.165) is 5.92 Å². The van der Waals surface area contributed by atoms with Gasteiger partial charge in [-0.05, 0) is 32.0 Å². The summed E-state index contributed by atoms with van der Waals surface area (Å²) in [6, 6.07) is 0. The summed E-state index contributed by atoms with van der Waals surface area (Å²) in [6.45, 7) is 8.31. The fourth-order valence-electron chi connectivity index (χ4n) is 2.20. The van der Waals surface area contributed by atoms with Gasteiger partial charge in [0, 0.05) is 0 Å². The minimum atomic E-state index is 1.06. The molecular weight excluding hydrogens is 146 g/mol. The van der Waals surface area contributed by atoms with Crippen molar-refractivity contribution in [3.8, 4) is 0 Å². The molecule has 1 aliphatic carbocycles. The third-order valence-electron chi connectivity index (χ3n) is 3.22. The Labute approximate surface area is 77.1 Å². The lowest BCUT2D eigenvalue weighted by atomic mass is 10.0. The Balaban J connectivity index is 2.06. The van der Waals surface area contributed by atoms with E-state index in [0.29, 0.717) is 0 Å². The largest absolute Gasteiger partial charge is 0.304 e. The summed E-state index contributed by atoms with van der Waals surface area (Å²) in [4.78, 5) is 2.54. The van der Waals surface area contributed by atoms with Gasteiger partial charge in [0.1, 0.15) is 0 Å². The first-order valence-electron chi connectivity index (χ1n) is 5.59. The van der Waals surface area contributed by atoms with Crippen molar-refractivity contribution in [3.05, 3.63) is 0 Å². The monoisotopic (exact) mass is 169 g/mol. The molecule has 72 valence electrons. The number of nitrogens with zero attached hydrogens (tertiary/aromatic N) is 1. The molecule has 0 spiro atoms. The van der Waals surface area contributed by atoms with Gasteiger partial charge in [-0.3, -0.25) is 0 Å². The lowest BCUT2D eigenvalue weighted by Crippen LogP contribution is -2.25. The highest BCUT2D eigenvalue weighted by Crippen LogP contribution is 2.27. The van der Waals surface area contributed by atoms with Crippen LogP contribution in [0.5, 0.6) is 0 Å². The summed E-state index contributed by atoms with van der Waals surface area (Å²) in [7, 11) is 0. The van der Waals surface area contributed by atoms with E-state index in [-0.39, 0.29) is 0 Å². The predicted molar refractivity (Wildman–Crippen MR) is 54.4 cm³/mol. The van der Waals surface area contributed by atoms with Gasteiger partial charge in [-0.2, -0.15) is 0 Å². The van der Waals surface area contributed by atoms with Crippen molar-refractivity contribution in [3.63, 3.8) is 0 Å². The predicted octanol–water partition coefficient (Wildman–Crippen LogP) is 2.91. The third-order valence-corrected chi connectivity index (χ3v) is 3.22. The van der Waals surface area contributed by atoms with Gasteiger partial charge >= 0.3 is 0 Å². The highest BCUT2D eigenvalue weighted by Gasteiger charge is 2.15. The average Bonchev–Trinajstić information content (AvgIpc) is 2.59. The van der Waals surface area contributed by atoms with Crippen molar-refractivity contribution in [1.29, 1.82) is 0 Å². The summed E-state index contributed by atoms with van der Waals surface area (Å²) < 4.78 is 0. The molecule has 1 aliphatic rings. The van der Waals surface area contributed by atoms with E-state index in [1.54, 1.807) is 0 Å². The Kier molecular flexibility index (Phi) is 4.67. The SMILES string of the molecule is CCN(CC)CCC1CCCC1. The Morgan fingerprint density at radius 3 is 2.17 bits per heavy atom. The van der Waals surface area contributed by atoms with E-state index < -0.39 is 0 Å². The maximum Gasteiger partial charge on any atom is -0.00163 e. The fraction of sp³-hybridized carbons (Fsp3) is 1.00. The molecule has 0 aromatic carbocycles. The van der Waals surface area contributed by atoms with Crippen LogP contribution < -0.4 is 0 Å².